The molecular weight excluding hydrogens is 444 g/mol. The van der Waals surface area contributed by atoms with Crippen LogP contribution < -0.4 is 4.90 Å². The summed E-state index contributed by atoms with van der Waals surface area (Å²) in [6, 6.07) is 17.4. The Bertz CT molecular complexity index is 977. The van der Waals surface area contributed by atoms with Crippen LogP contribution in [0.1, 0.15) is 17.5 Å². The van der Waals surface area contributed by atoms with Crippen molar-refractivity contribution in [3.63, 3.8) is 0 Å². The van der Waals surface area contributed by atoms with Crippen LogP contribution in [0.4, 0.5) is 5.69 Å². The Morgan fingerprint density at radius 3 is 2.43 bits per heavy atom. The van der Waals surface area contributed by atoms with Gasteiger partial charge in [-0.2, -0.15) is 5.26 Å². The van der Waals surface area contributed by atoms with Crippen molar-refractivity contribution >= 4 is 33.4 Å². The lowest BCUT2D eigenvalue weighted by atomic mass is 10.1. The van der Waals surface area contributed by atoms with Gasteiger partial charge in [0.15, 0.2) is 0 Å². The lowest BCUT2D eigenvalue weighted by molar-refractivity contribution is -0.137. The quantitative estimate of drug-likeness (QED) is 0.694. The minimum Gasteiger partial charge on any atom is -0.340 e. The molecule has 30 heavy (non-hydrogen) atoms. The Morgan fingerprint density at radius 1 is 1.07 bits per heavy atom. The van der Waals surface area contributed by atoms with E-state index in [1.54, 1.807) is 4.90 Å². The largest absolute Gasteiger partial charge is 0.340 e. The van der Waals surface area contributed by atoms with Gasteiger partial charge in [0.2, 0.25) is 11.8 Å². The zero-order valence-electron chi connectivity index (χ0n) is 16.6. The maximum Gasteiger partial charge on any atom is 0.228 e. The fourth-order valence-electron chi connectivity index (χ4n) is 4.10. The lowest BCUT2D eigenvalue weighted by Crippen LogP contribution is -2.50. The summed E-state index contributed by atoms with van der Waals surface area (Å²) in [6.07, 6.45) is 0.269. The molecule has 0 radical (unpaired) electrons. The van der Waals surface area contributed by atoms with Crippen molar-refractivity contribution < 1.29 is 9.59 Å². The van der Waals surface area contributed by atoms with Crippen LogP contribution in [0.15, 0.2) is 53.0 Å². The molecule has 4 rings (SSSR count). The number of benzene rings is 2. The molecule has 0 aliphatic carbocycles. The van der Waals surface area contributed by atoms with E-state index in [4.69, 9.17) is 5.26 Å². The summed E-state index contributed by atoms with van der Waals surface area (Å²) < 4.78 is 0.864. The zero-order valence-corrected chi connectivity index (χ0v) is 18.2. The Balaban J connectivity index is 1.31. The van der Waals surface area contributed by atoms with Crippen molar-refractivity contribution in [2.45, 2.75) is 13.0 Å². The molecule has 0 N–H and O–H groups in total. The van der Waals surface area contributed by atoms with Crippen molar-refractivity contribution in [2.75, 3.05) is 37.6 Å². The summed E-state index contributed by atoms with van der Waals surface area (Å²) in [5, 5.41) is 8.91. The van der Waals surface area contributed by atoms with E-state index < -0.39 is 0 Å². The highest BCUT2D eigenvalue weighted by molar-refractivity contribution is 9.10. The van der Waals surface area contributed by atoms with Crippen molar-refractivity contribution in [1.82, 2.24) is 9.80 Å². The van der Waals surface area contributed by atoms with Gasteiger partial charge in [0.1, 0.15) is 0 Å². The minimum atomic E-state index is -0.283. The molecule has 0 aromatic heterocycles. The Hall–Kier alpha value is -2.69. The van der Waals surface area contributed by atoms with Crippen LogP contribution >= 0.6 is 15.9 Å². The number of hydrogen-bond donors (Lipinski definition) is 0. The fraction of sp³-hybridized carbons (Fsp3) is 0.348. The van der Waals surface area contributed by atoms with E-state index in [2.05, 4.69) is 26.9 Å². The monoisotopic (exact) mass is 466 g/mol. The molecule has 6 nitrogen and oxygen atoms in total. The van der Waals surface area contributed by atoms with Crippen LogP contribution in [-0.4, -0.2) is 54.3 Å². The smallest absolute Gasteiger partial charge is 0.228 e. The molecule has 7 heteroatoms. The average Bonchev–Trinajstić information content (AvgIpc) is 3.16. The predicted octanol–water partition coefficient (Wildman–Crippen LogP) is 3.02. The van der Waals surface area contributed by atoms with E-state index in [1.165, 1.54) is 5.56 Å². The van der Waals surface area contributed by atoms with Gasteiger partial charge in [-0.25, -0.2) is 0 Å². The molecule has 0 saturated carbocycles. The third kappa shape index (κ3) is 4.40. The van der Waals surface area contributed by atoms with Gasteiger partial charge < -0.3 is 9.80 Å². The van der Waals surface area contributed by atoms with Gasteiger partial charge in [0, 0.05) is 50.2 Å². The number of para-hydroxylation sites is 1. The van der Waals surface area contributed by atoms with E-state index in [0.717, 1.165) is 29.8 Å². The lowest BCUT2D eigenvalue weighted by Gasteiger charge is -2.36. The van der Waals surface area contributed by atoms with Crippen LogP contribution in [0, 0.1) is 17.2 Å². The number of nitrogens with zero attached hydrogens (tertiary/aromatic N) is 4. The summed E-state index contributed by atoms with van der Waals surface area (Å²) in [7, 11) is 0. The van der Waals surface area contributed by atoms with E-state index in [0.29, 0.717) is 25.2 Å². The summed E-state index contributed by atoms with van der Waals surface area (Å²) in [4.78, 5) is 31.5. The highest BCUT2D eigenvalue weighted by atomic mass is 79.9. The van der Waals surface area contributed by atoms with E-state index in [-0.39, 0.29) is 24.2 Å². The molecule has 0 spiro atoms. The van der Waals surface area contributed by atoms with Crippen LogP contribution in [0.3, 0.4) is 0 Å². The number of carbonyl (C=O) groups is 2. The number of halogens is 1. The third-order valence-electron chi connectivity index (χ3n) is 5.79. The van der Waals surface area contributed by atoms with Gasteiger partial charge in [-0.15, -0.1) is 0 Å². The second-order valence-corrected chi connectivity index (χ2v) is 8.62. The van der Waals surface area contributed by atoms with Crippen molar-refractivity contribution in [1.29, 1.82) is 5.26 Å². The number of nitriles is 1. The summed E-state index contributed by atoms with van der Waals surface area (Å²) in [5.41, 5.74) is 2.65. The molecule has 2 aromatic rings. The predicted molar refractivity (Wildman–Crippen MR) is 118 cm³/mol. The standard InChI is InChI=1S/C23H23BrN4O2/c24-20-3-1-2-4-21(20)28-16-19(13-22(28)29)23(30)27-11-9-26(10-12-27)15-18-7-5-17(14-25)6-8-18/h1-8,19H,9-13,15-16H2. The number of amides is 2. The van der Waals surface area contributed by atoms with Crippen LogP contribution in [0.2, 0.25) is 0 Å². The van der Waals surface area contributed by atoms with Crippen molar-refractivity contribution in [2.24, 2.45) is 5.92 Å². The SMILES string of the molecule is N#Cc1ccc(CN2CCN(C(=O)C3CC(=O)N(c4ccccc4Br)C3)CC2)cc1. The average molecular weight is 467 g/mol. The zero-order chi connectivity index (χ0) is 21.1. The second kappa shape index (κ2) is 8.99. The molecule has 2 heterocycles. The van der Waals surface area contributed by atoms with Gasteiger partial charge in [-0.05, 0) is 45.8 Å². The first-order valence-electron chi connectivity index (χ1n) is 10.1. The minimum absolute atomic E-state index is 0.000276. The summed E-state index contributed by atoms with van der Waals surface area (Å²) in [5.74, 6) is -0.203. The van der Waals surface area contributed by atoms with E-state index in [1.807, 2.05) is 53.4 Å². The molecule has 1 atom stereocenters. The van der Waals surface area contributed by atoms with E-state index in [9.17, 15) is 9.59 Å². The van der Waals surface area contributed by atoms with Gasteiger partial charge in [-0.3, -0.25) is 14.5 Å². The van der Waals surface area contributed by atoms with Gasteiger partial charge in [0.05, 0.1) is 23.2 Å². The maximum atomic E-state index is 13.0. The first-order valence-corrected chi connectivity index (χ1v) is 10.9. The van der Waals surface area contributed by atoms with Crippen molar-refractivity contribution in [3.05, 3.63) is 64.1 Å². The highest BCUT2D eigenvalue weighted by Gasteiger charge is 2.38. The first kappa shape index (κ1) is 20.6. The molecule has 154 valence electrons. The number of hydrogen-bond acceptors (Lipinski definition) is 4. The number of anilines is 1. The molecule has 2 saturated heterocycles. The highest BCUT2D eigenvalue weighted by Crippen LogP contribution is 2.32. The Morgan fingerprint density at radius 2 is 1.77 bits per heavy atom. The van der Waals surface area contributed by atoms with Crippen molar-refractivity contribution in [3.8, 4) is 6.07 Å². The van der Waals surface area contributed by atoms with Crippen LogP contribution in [-0.2, 0) is 16.1 Å². The third-order valence-corrected chi connectivity index (χ3v) is 6.46. The molecule has 2 fully saturated rings. The molecule has 2 aliphatic heterocycles. The molecule has 2 aromatic carbocycles. The summed E-state index contributed by atoms with van der Waals surface area (Å²) in [6.45, 7) is 4.21. The fourth-order valence-corrected chi connectivity index (χ4v) is 4.60. The first-order chi connectivity index (χ1) is 14.5. The molecule has 1 unspecified atom stereocenters. The maximum absolute atomic E-state index is 13.0. The number of rotatable bonds is 4. The number of carbonyl (C=O) groups excluding carboxylic acids is 2. The molecule has 2 amide bonds. The van der Waals surface area contributed by atoms with Gasteiger partial charge >= 0.3 is 0 Å². The molecule has 2 aliphatic rings. The van der Waals surface area contributed by atoms with Gasteiger partial charge in [0.25, 0.3) is 0 Å². The topological polar surface area (TPSA) is 67.6 Å². The normalized spacial score (nSPS) is 19.7. The number of piperazine rings is 1. The van der Waals surface area contributed by atoms with Crippen LogP contribution in [0.25, 0.3) is 0 Å². The molecule has 0 bridgehead atoms. The summed E-state index contributed by atoms with van der Waals surface area (Å²) >= 11 is 3.50. The second-order valence-electron chi connectivity index (χ2n) is 7.77. The van der Waals surface area contributed by atoms with Crippen LogP contribution in [0.5, 0.6) is 0 Å². The Labute approximate surface area is 184 Å². The van der Waals surface area contributed by atoms with E-state index >= 15 is 0 Å². The van der Waals surface area contributed by atoms with Gasteiger partial charge in [-0.1, -0.05) is 24.3 Å². The molecular formula is C23H23BrN4O2. The Kier molecular flexibility index (Phi) is 6.16.